The third-order valence-corrected chi connectivity index (χ3v) is 4.37. The number of carbonyl (C=O) groups is 1. The number of hydrogen-bond acceptors (Lipinski definition) is 6. The molecule has 1 aromatic heterocycles. The molecule has 0 radical (unpaired) electrons. The van der Waals surface area contributed by atoms with Crippen LogP contribution in [0.25, 0.3) is 10.9 Å². The van der Waals surface area contributed by atoms with Crippen LogP contribution in [0, 0.1) is 0 Å². The molecule has 0 saturated carbocycles. The van der Waals surface area contributed by atoms with Crippen molar-refractivity contribution in [3.8, 4) is 0 Å². The van der Waals surface area contributed by atoms with E-state index in [1.54, 1.807) is 0 Å². The van der Waals surface area contributed by atoms with Gasteiger partial charge >= 0.3 is 0 Å². The van der Waals surface area contributed by atoms with E-state index in [9.17, 15) is 4.79 Å². The highest BCUT2D eigenvalue weighted by Crippen LogP contribution is 2.27. The summed E-state index contributed by atoms with van der Waals surface area (Å²) in [6, 6.07) is 13.3. The number of carbonyl (C=O) groups excluding carboxylic acids is 1. The summed E-state index contributed by atoms with van der Waals surface area (Å²) < 4.78 is 0.969. The number of benzene rings is 2. The number of anilines is 3. The van der Waals surface area contributed by atoms with Crippen molar-refractivity contribution in [1.29, 1.82) is 0 Å². The zero-order valence-electron chi connectivity index (χ0n) is 14.3. The van der Waals surface area contributed by atoms with Crippen molar-refractivity contribution in [2.24, 2.45) is 4.99 Å². The van der Waals surface area contributed by atoms with Gasteiger partial charge in [0, 0.05) is 34.2 Å². The van der Waals surface area contributed by atoms with Gasteiger partial charge in [-0.05, 0) is 55.0 Å². The minimum atomic E-state index is -0.0766. The van der Waals surface area contributed by atoms with Crippen LogP contribution in [0.3, 0.4) is 0 Å². The summed E-state index contributed by atoms with van der Waals surface area (Å²) >= 11 is 7.97. The lowest BCUT2D eigenvalue weighted by atomic mass is 10.2. The molecule has 27 heavy (non-hydrogen) atoms. The first-order chi connectivity index (χ1) is 13.2. The van der Waals surface area contributed by atoms with E-state index >= 15 is 0 Å². The highest BCUT2D eigenvalue weighted by atomic mass is 79.9. The summed E-state index contributed by atoms with van der Waals surface area (Å²) in [6.45, 7) is 0.503. The molecule has 3 aromatic rings. The quantitative estimate of drug-likeness (QED) is 0.307. The summed E-state index contributed by atoms with van der Waals surface area (Å²) in [7, 11) is 0. The van der Waals surface area contributed by atoms with Crippen molar-refractivity contribution < 1.29 is 4.79 Å². The third kappa shape index (κ3) is 5.40. The van der Waals surface area contributed by atoms with Crippen molar-refractivity contribution >= 4 is 67.3 Å². The van der Waals surface area contributed by atoms with E-state index in [1.807, 2.05) is 42.5 Å². The maximum absolute atomic E-state index is 12.1. The number of hydrogen-bond donors (Lipinski definition) is 2. The van der Waals surface area contributed by atoms with E-state index in [4.69, 9.17) is 0 Å². The van der Waals surface area contributed by atoms with Gasteiger partial charge in [0.15, 0.2) is 0 Å². The lowest BCUT2D eigenvalue weighted by Gasteiger charge is -2.10. The molecule has 3 rings (SSSR count). The molecule has 0 bridgehead atoms. The maximum atomic E-state index is 12.1. The number of aromatic nitrogens is 2. The Kier molecular flexibility index (Phi) is 6.59. The first kappa shape index (κ1) is 19.1. The summed E-state index contributed by atoms with van der Waals surface area (Å²) in [5, 5.41) is 9.30. The molecule has 0 aliphatic rings. The van der Waals surface area contributed by atoms with Crippen LogP contribution in [0.4, 0.5) is 17.2 Å². The molecule has 6 nitrogen and oxygen atoms in total. The van der Waals surface area contributed by atoms with Crippen LogP contribution in [0.5, 0.6) is 0 Å². The van der Waals surface area contributed by atoms with Crippen LogP contribution in [0.2, 0.25) is 0 Å². The predicted molar refractivity (Wildman–Crippen MR) is 115 cm³/mol. The predicted octanol–water partition coefficient (Wildman–Crippen LogP) is 4.96. The number of rotatable bonds is 7. The second-order valence-electron chi connectivity index (χ2n) is 5.71. The van der Waals surface area contributed by atoms with E-state index in [0.29, 0.717) is 30.9 Å². The van der Waals surface area contributed by atoms with Crippen LogP contribution in [-0.4, -0.2) is 27.6 Å². The Labute approximate surface area is 170 Å². The summed E-state index contributed by atoms with van der Waals surface area (Å²) in [6.07, 6.45) is 2.51. The molecule has 0 atom stereocenters. The van der Waals surface area contributed by atoms with Crippen molar-refractivity contribution in [1.82, 2.24) is 9.97 Å². The Morgan fingerprint density at radius 2 is 2.07 bits per heavy atom. The van der Waals surface area contributed by atoms with Crippen molar-refractivity contribution in [2.75, 3.05) is 17.2 Å². The van der Waals surface area contributed by atoms with Gasteiger partial charge in [-0.15, -0.1) is 0 Å². The van der Waals surface area contributed by atoms with Crippen LogP contribution in [0.1, 0.15) is 12.8 Å². The van der Waals surface area contributed by atoms with Crippen molar-refractivity contribution in [3.63, 3.8) is 0 Å². The lowest BCUT2D eigenvalue weighted by molar-refractivity contribution is -0.116. The fourth-order valence-corrected chi connectivity index (χ4v) is 3.02. The second-order valence-corrected chi connectivity index (χ2v) is 6.81. The molecule has 0 fully saturated rings. The highest BCUT2D eigenvalue weighted by molar-refractivity contribution is 9.10. The van der Waals surface area contributed by atoms with Gasteiger partial charge in [0.1, 0.15) is 12.1 Å². The minimum Gasteiger partial charge on any atom is -0.340 e. The number of halogens is 1. The van der Waals surface area contributed by atoms with Crippen molar-refractivity contribution in [2.45, 2.75) is 12.8 Å². The van der Waals surface area contributed by atoms with Crippen LogP contribution in [0.15, 0.2) is 58.3 Å². The molecule has 8 heteroatoms. The first-order valence-electron chi connectivity index (χ1n) is 8.26. The summed E-state index contributed by atoms with van der Waals surface area (Å²) in [5.41, 5.74) is 2.38. The normalized spacial score (nSPS) is 10.3. The topological polar surface area (TPSA) is 79.3 Å². The van der Waals surface area contributed by atoms with Gasteiger partial charge < -0.3 is 10.6 Å². The Balaban J connectivity index is 1.79. The maximum Gasteiger partial charge on any atom is 0.224 e. The van der Waals surface area contributed by atoms with E-state index in [1.165, 1.54) is 6.33 Å². The molecule has 0 aliphatic carbocycles. The smallest absolute Gasteiger partial charge is 0.224 e. The van der Waals surface area contributed by atoms with Crippen molar-refractivity contribution in [3.05, 3.63) is 53.3 Å². The van der Waals surface area contributed by atoms with Crippen LogP contribution >= 0.6 is 28.1 Å². The fraction of sp³-hybridized carbons (Fsp3) is 0.158. The van der Waals surface area contributed by atoms with E-state index in [-0.39, 0.29) is 5.91 Å². The fourth-order valence-electron chi connectivity index (χ4n) is 2.52. The number of fused-ring (bicyclic) bond motifs is 1. The minimum absolute atomic E-state index is 0.0766. The molecule has 0 aliphatic heterocycles. The molecule has 2 N–H and O–H groups in total. The largest absolute Gasteiger partial charge is 0.340 e. The Morgan fingerprint density at radius 1 is 1.19 bits per heavy atom. The highest BCUT2D eigenvalue weighted by Gasteiger charge is 2.08. The zero-order chi connectivity index (χ0) is 19.1. The molecule has 2 aromatic carbocycles. The van der Waals surface area contributed by atoms with E-state index < -0.39 is 0 Å². The van der Waals surface area contributed by atoms with E-state index in [0.717, 1.165) is 21.1 Å². The average Bonchev–Trinajstić information content (AvgIpc) is 2.66. The van der Waals surface area contributed by atoms with Crippen LogP contribution in [-0.2, 0) is 4.79 Å². The lowest BCUT2D eigenvalue weighted by Crippen LogP contribution is -2.11. The second kappa shape index (κ2) is 9.32. The van der Waals surface area contributed by atoms with Gasteiger partial charge in [0.2, 0.25) is 5.91 Å². The molecule has 1 heterocycles. The van der Waals surface area contributed by atoms with Gasteiger partial charge in [-0.2, -0.15) is 0 Å². The van der Waals surface area contributed by atoms with Gasteiger partial charge in [0.25, 0.3) is 0 Å². The molecule has 136 valence electrons. The number of thiocarbonyl (C=S) groups is 1. The summed E-state index contributed by atoms with van der Waals surface area (Å²) in [4.78, 5) is 24.5. The summed E-state index contributed by atoms with van der Waals surface area (Å²) in [5.74, 6) is 0.594. The van der Waals surface area contributed by atoms with Gasteiger partial charge in [0.05, 0.1) is 10.7 Å². The van der Waals surface area contributed by atoms with Gasteiger partial charge in [-0.3, -0.25) is 4.79 Å². The molecule has 0 saturated heterocycles. The zero-order valence-corrected chi connectivity index (χ0v) is 16.7. The SMILES string of the molecule is O=C(CCCN=C=S)Nc1ccc2ncnc(Nc3cccc(Br)c3)c2c1. The number of nitrogens with zero attached hydrogens (tertiary/aromatic N) is 3. The van der Waals surface area contributed by atoms with Crippen LogP contribution < -0.4 is 10.6 Å². The molecular weight excluding hydrogens is 426 g/mol. The molecule has 1 amide bonds. The third-order valence-electron chi connectivity index (χ3n) is 3.74. The Bertz CT molecular complexity index is 1020. The molecular formula is C19H16BrN5OS. The Hall–Kier alpha value is -2.67. The monoisotopic (exact) mass is 441 g/mol. The Morgan fingerprint density at radius 3 is 2.89 bits per heavy atom. The van der Waals surface area contributed by atoms with E-state index in [2.05, 4.69) is 58.9 Å². The molecule has 0 spiro atoms. The standard InChI is InChI=1S/C19H16BrN5OS/c20-13-3-1-4-14(9-13)25-19-16-10-15(6-7-17(16)22-11-23-19)24-18(26)5-2-8-21-12-27/h1,3-4,6-7,9-11H,2,5,8H2,(H,24,26)(H,22,23,25). The average molecular weight is 442 g/mol. The number of isothiocyanates is 1. The van der Waals surface area contributed by atoms with Gasteiger partial charge in [-0.1, -0.05) is 22.0 Å². The molecule has 0 unspecified atom stereocenters. The number of amides is 1. The number of aliphatic imine (C=N–C) groups is 1. The first-order valence-corrected chi connectivity index (χ1v) is 9.46. The van der Waals surface area contributed by atoms with Gasteiger partial charge in [-0.25, -0.2) is 15.0 Å². The number of nitrogens with one attached hydrogen (secondary N) is 2.